The normalized spacial score (nSPS) is 39.0. The lowest BCUT2D eigenvalue weighted by atomic mass is 9.99. The molecule has 1 aromatic rings. The van der Waals surface area contributed by atoms with Gasteiger partial charge in [-0.15, -0.1) is 11.8 Å². The maximum Gasteiger partial charge on any atom is 0.338 e. The molecule has 228 valence electrons. The minimum absolute atomic E-state index is 0.0903. The molecule has 5 rings (SSSR count). The van der Waals surface area contributed by atoms with E-state index in [9.17, 15) is 9.59 Å². The molecule has 0 aliphatic carbocycles. The Balaban J connectivity index is 1.32. The molecular formula is C29H40O11S. The number of hydrogen-bond acceptors (Lipinski definition) is 12. The highest BCUT2D eigenvalue weighted by Gasteiger charge is 2.61. The molecule has 4 aliphatic rings. The lowest BCUT2D eigenvalue weighted by Crippen LogP contribution is -2.60. The zero-order valence-corrected chi connectivity index (χ0v) is 25.3. The monoisotopic (exact) mass is 596 g/mol. The first kappa shape index (κ1) is 30.7. The van der Waals surface area contributed by atoms with Gasteiger partial charge in [0, 0.05) is 6.92 Å². The van der Waals surface area contributed by atoms with E-state index in [0.29, 0.717) is 11.3 Å². The lowest BCUT2D eigenvalue weighted by Gasteiger charge is -2.44. The van der Waals surface area contributed by atoms with Crippen LogP contribution in [0.1, 0.15) is 58.8 Å². The Morgan fingerprint density at radius 3 is 2.22 bits per heavy atom. The van der Waals surface area contributed by atoms with E-state index in [1.54, 1.807) is 31.2 Å². The van der Waals surface area contributed by atoms with Crippen molar-refractivity contribution in [3.8, 4) is 0 Å². The van der Waals surface area contributed by atoms with Crippen molar-refractivity contribution in [2.75, 3.05) is 12.4 Å². The predicted molar refractivity (Wildman–Crippen MR) is 146 cm³/mol. The SMILES string of the molecule is CCS[C@@H]1[C@@H](OC[C@H]2O[C@@H]3OC(C)(C)O[C@@H]3[C@H]3OC(C)(C)O[C@H]32)O[C@@H](C)[C@H](OC(=O)c2ccccc2)[C@H]1OC(C)=O. The summed E-state index contributed by atoms with van der Waals surface area (Å²) in [6, 6.07) is 8.66. The predicted octanol–water partition coefficient (Wildman–Crippen LogP) is 3.42. The number of thioether (sulfide) groups is 1. The summed E-state index contributed by atoms with van der Waals surface area (Å²) in [7, 11) is 0. The van der Waals surface area contributed by atoms with Crippen molar-refractivity contribution >= 4 is 23.7 Å². The second-order valence-corrected chi connectivity index (χ2v) is 12.9. The van der Waals surface area contributed by atoms with Crippen LogP contribution in [0.15, 0.2) is 30.3 Å². The molecule has 1 aromatic carbocycles. The van der Waals surface area contributed by atoms with Gasteiger partial charge in [0.1, 0.15) is 24.4 Å². The third-order valence-corrected chi connectivity index (χ3v) is 8.53. The summed E-state index contributed by atoms with van der Waals surface area (Å²) >= 11 is 1.50. The van der Waals surface area contributed by atoms with E-state index < -0.39 is 84.1 Å². The molecule has 4 saturated heterocycles. The van der Waals surface area contributed by atoms with E-state index in [0.717, 1.165) is 0 Å². The highest BCUT2D eigenvalue weighted by molar-refractivity contribution is 7.99. The molecule has 0 unspecified atom stereocenters. The fraction of sp³-hybridized carbons (Fsp3) is 0.724. The molecule has 4 heterocycles. The molecule has 12 heteroatoms. The van der Waals surface area contributed by atoms with E-state index in [1.165, 1.54) is 18.7 Å². The van der Waals surface area contributed by atoms with E-state index in [4.69, 9.17) is 42.6 Å². The molecule has 11 nitrogen and oxygen atoms in total. The van der Waals surface area contributed by atoms with E-state index in [2.05, 4.69) is 0 Å². The van der Waals surface area contributed by atoms with Gasteiger partial charge in [0.15, 0.2) is 36.4 Å². The molecule has 10 atom stereocenters. The molecule has 0 radical (unpaired) electrons. The largest absolute Gasteiger partial charge is 0.457 e. The Labute approximate surface area is 244 Å². The zero-order chi connectivity index (χ0) is 29.5. The van der Waals surface area contributed by atoms with Crippen molar-refractivity contribution in [2.45, 2.75) is 121 Å². The fourth-order valence-corrected chi connectivity index (χ4v) is 6.83. The highest BCUT2D eigenvalue weighted by atomic mass is 32.2. The van der Waals surface area contributed by atoms with Gasteiger partial charge in [-0.3, -0.25) is 4.79 Å². The first-order valence-corrected chi connectivity index (χ1v) is 15.1. The second-order valence-electron chi connectivity index (χ2n) is 11.5. The van der Waals surface area contributed by atoms with Crippen LogP contribution in [-0.4, -0.2) is 96.4 Å². The van der Waals surface area contributed by atoms with Crippen molar-refractivity contribution in [1.29, 1.82) is 0 Å². The Morgan fingerprint density at radius 1 is 0.878 bits per heavy atom. The van der Waals surface area contributed by atoms with E-state index in [1.807, 2.05) is 40.7 Å². The minimum atomic E-state index is -0.842. The van der Waals surface area contributed by atoms with Crippen LogP contribution < -0.4 is 0 Å². The molecule has 0 N–H and O–H groups in total. The van der Waals surface area contributed by atoms with E-state index >= 15 is 0 Å². The van der Waals surface area contributed by atoms with Crippen LogP contribution in [0.5, 0.6) is 0 Å². The van der Waals surface area contributed by atoms with Crippen molar-refractivity contribution in [2.24, 2.45) is 0 Å². The molecule has 41 heavy (non-hydrogen) atoms. The van der Waals surface area contributed by atoms with Crippen molar-refractivity contribution in [3.05, 3.63) is 35.9 Å². The average molecular weight is 597 g/mol. The third kappa shape index (κ3) is 6.75. The van der Waals surface area contributed by atoms with Crippen LogP contribution in [0.25, 0.3) is 0 Å². The number of carbonyl (C=O) groups excluding carboxylic acids is 2. The first-order chi connectivity index (χ1) is 19.4. The molecular weight excluding hydrogens is 556 g/mol. The quantitative estimate of drug-likeness (QED) is 0.409. The number of rotatable bonds is 8. The molecule has 0 bridgehead atoms. The summed E-state index contributed by atoms with van der Waals surface area (Å²) < 4.78 is 55.1. The molecule has 0 aromatic heterocycles. The van der Waals surface area contributed by atoms with Gasteiger partial charge in [0.25, 0.3) is 0 Å². The van der Waals surface area contributed by atoms with Crippen molar-refractivity contribution in [3.63, 3.8) is 0 Å². The van der Waals surface area contributed by atoms with Gasteiger partial charge in [-0.25, -0.2) is 4.79 Å². The van der Waals surface area contributed by atoms with Gasteiger partial charge in [0.2, 0.25) is 0 Å². The molecule has 0 saturated carbocycles. The lowest BCUT2D eigenvalue weighted by molar-refractivity contribution is -0.278. The van der Waals surface area contributed by atoms with Gasteiger partial charge in [0.05, 0.1) is 23.5 Å². The Kier molecular flexibility index (Phi) is 9.04. The molecule has 0 amide bonds. The maximum absolute atomic E-state index is 12.9. The number of carbonyl (C=O) groups is 2. The Morgan fingerprint density at radius 2 is 1.54 bits per heavy atom. The fourth-order valence-electron chi connectivity index (χ4n) is 5.75. The Bertz CT molecular complexity index is 1080. The van der Waals surface area contributed by atoms with Crippen LogP contribution >= 0.6 is 11.8 Å². The van der Waals surface area contributed by atoms with Crippen molar-refractivity contribution < 1.29 is 52.2 Å². The van der Waals surface area contributed by atoms with Crippen LogP contribution in [0, 0.1) is 0 Å². The van der Waals surface area contributed by atoms with Gasteiger partial charge in [-0.1, -0.05) is 25.1 Å². The third-order valence-electron chi connectivity index (χ3n) is 7.32. The summed E-state index contributed by atoms with van der Waals surface area (Å²) in [6.07, 6.45) is -5.60. The number of ether oxygens (including phenoxy) is 9. The number of benzene rings is 1. The summed E-state index contributed by atoms with van der Waals surface area (Å²) in [6.45, 7) is 12.5. The number of esters is 2. The summed E-state index contributed by atoms with van der Waals surface area (Å²) in [5.41, 5.74) is 0.393. The van der Waals surface area contributed by atoms with E-state index in [-0.39, 0.29) is 6.61 Å². The van der Waals surface area contributed by atoms with Crippen LogP contribution in [0.4, 0.5) is 0 Å². The molecule has 4 aliphatic heterocycles. The van der Waals surface area contributed by atoms with Gasteiger partial charge < -0.3 is 42.6 Å². The summed E-state index contributed by atoms with van der Waals surface area (Å²) in [5, 5.41) is -0.483. The highest BCUT2D eigenvalue weighted by Crippen LogP contribution is 2.44. The summed E-state index contributed by atoms with van der Waals surface area (Å²) in [4.78, 5) is 25.1. The van der Waals surface area contributed by atoms with Crippen molar-refractivity contribution in [1.82, 2.24) is 0 Å². The summed E-state index contributed by atoms with van der Waals surface area (Å²) in [5.74, 6) is -2.01. The van der Waals surface area contributed by atoms with Crippen LogP contribution in [-0.2, 0) is 47.4 Å². The van der Waals surface area contributed by atoms with Crippen LogP contribution in [0.2, 0.25) is 0 Å². The Hall–Kier alpha value is -1.77. The smallest absolute Gasteiger partial charge is 0.338 e. The maximum atomic E-state index is 12.9. The average Bonchev–Trinajstić information content (AvgIpc) is 3.40. The van der Waals surface area contributed by atoms with Crippen LogP contribution in [0.3, 0.4) is 0 Å². The molecule has 0 spiro atoms. The number of hydrogen-bond donors (Lipinski definition) is 0. The van der Waals surface area contributed by atoms with Gasteiger partial charge in [-0.05, 0) is 52.5 Å². The first-order valence-electron chi connectivity index (χ1n) is 14.1. The minimum Gasteiger partial charge on any atom is -0.457 e. The zero-order valence-electron chi connectivity index (χ0n) is 24.5. The second kappa shape index (κ2) is 12.1. The van der Waals surface area contributed by atoms with Gasteiger partial charge >= 0.3 is 11.9 Å². The van der Waals surface area contributed by atoms with Gasteiger partial charge in [-0.2, -0.15) is 0 Å². The molecule has 4 fully saturated rings. The number of fused-ring (bicyclic) bond motifs is 3. The topological polar surface area (TPSA) is 117 Å². The standard InChI is InChI=1S/C29H40O11S/c1-8-41-24-22(34-16(3)30)19(36-25(31)17-12-10-9-11-13-17)15(2)33-27(24)32-14-18-20-21(38-28(4,5)37-20)23-26(35-18)40-29(6,7)39-23/h9-13,15,18-24,26-27H,8,14H2,1-7H3/t15-,18+,19-,20-,21-,22+,23+,24-,26+,27-/m0/s1.